The van der Waals surface area contributed by atoms with E-state index in [1.165, 1.54) is 0 Å². The summed E-state index contributed by atoms with van der Waals surface area (Å²) in [6.45, 7) is 8.17. The highest BCUT2D eigenvalue weighted by atomic mass is 16.6. The van der Waals surface area contributed by atoms with Gasteiger partial charge >= 0.3 is 6.09 Å². The van der Waals surface area contributed by atoms with Crippen molar-refractivity contribution >= 4 is 12.1 Å². The number of carbonyl (C=O) groups is 1. The van der Waals surface area contributed by atoms with Crippen molar-refractivity contribution in [2.75, 3.05) is 66.2 Å². The fourth-order valence-corrected chi connectivity index (χ4v) is 3.01. The fraction of sp³-hybridized carbons (Fsp3) is 0.882. The van der Waals surface area contributed by atoms with Crippen LogP contribution in [-0.4, -0.2) is 94.2 Å². The molecule has 0 aliphatic carbocycles. The van der Waals surface area contributed by atoms with Crippen LogP contribution in [0.5, 0.6) is 0 Å². The Balaban J connectivity index is 1.56. The van der Waals surface area contributed by atoms with Crippen LogP contribution in [0.15, 0.2) is 4.99 Å². The lowest BCUT2D eigenvalue weighted by molar-refractivity contribution is 0.0168. The fourth-order valence-electron chi connectivity index (χ4n) is 3.01. The predicted molar refractivity (Wildman–Crippen MR) is 95.9 cm³/mol. The molecule has 144 valence electrons. The van der Waals surface area contributed by atoms with Crippen molar-refractivity contribution in [1.82, 2.24) is 15.1 Å². The summed E-state index contributed by atoms with van der Waals surface area (Å²) in [5, 5.41) is 3.37. The molecule has 0 radical (unpaired) electrons. The third kappa shape index (κ3) is 6.70. The van der Waals surface area contributed by atoms with Crippen molar-refractivity contribution in [2.45, 2.75) is 32.3 Å². The van der Waals surface area contributed by atoms with E-state index in [1.807, 2.05) is 6.92 Å². The van der Waals surface area contributed by atoms with Gasteiger partial charge in [-0.05, 0) is 26.2 Å². The Morgan fingerprint density at radius 2 is 2.04 bits per heavy atom. The third-order valence-electron chi connectivity index (χ3n) is 4.39. The number of nitrogens with zero attached hydrogens (tertiary/aromatic N) is 3. The zero-order chi connectivity index (χ0) is 17.9. The van der Waals surface area contributed by atoms with E-state index in [0.29, 0.717) is 26.3 Å². The number of amides is 1. The van der Waals surface area contributed by atoms with Gasteiger partial charge in [0.2, 0.25) is 0 Å². The molecule has 1 amide bonds. The first-order valence-electron chi connectivity index (χ1n) is 9.31. The van der Waals surface area contributed by atoms with Gasteiger partial charge in [0.05, 0.1) is 19.3 Å². The molecule has 0 saturated carbocycles. The molecule has 0 spiro atoms. The van der Waals surface area contributed by atoms with Gasteiger partial charge in [0.1, 0.15) is 0 Å². The van der Waals surface area contributed by atoms with Crippen molar-refractivity contribution in [1.29, 1.82) is 0 Å². The summed E-state index contributed by atoms with van der Waals surface area (Å²) in [5.41, 5.74) is 0. The maximum Gasteiger partial charge on any atom is 0.409 e. The molecule has 0 bridgehead atoms. The lowest BCUT2D eigenvalue weighted by Crippen LogP contribution is -2.54. The molecular weight excluding hydrogens is 324 g/mol. The molecule has 1 atom stereocenters. The maximum absolute atomic E-state index is 11.7. The van der Waals surface area contributed by atoms with Crippen LogP contribution < -0.4 is 5.32 Å². The molecule has 2 aliphatic heterocycles. The number of guanidine groups is 1. The zero-order valence-corrected chi connectivity index (χ0v) is 15.5. The van der Waals surface area contributed by atoms with Crippen LogP contribution in [0, 0.1) is 0 Å². The van der Waals surface area contributed by atoms with Crippen LogP contribution in [-0.2, 0) is 14.2 Å². The van der Waals surface area contributed by atoms with E-state index in [0.717, 1.165) is 58.1 Å². The van der Waals surface area contributed by atoms with E-state index >= 15 is 0 Å². The minimum absolute atomic E-state index is 0.228. The first kappa shape index (κ1) is 19.8. The zero-order valence-electron chi connectivity index (χ0n) is 15.5. The molecule has 25 heavy (non-hydrogen) atoms. The summed E-state index contributed by atoms with van der Waals surface area (Å²) in [4.78, 5) is 20.0. The van der Waals surface area contributed by atoms with E-state index in [-0.39, 0.29) is 12.2 Å². The number of hydrogen-bond acceptors (Lipinski definition) is 5. The lowest BCUT2D eigenvalue weighted by atomic mass is 10.2. The van der Waals surface area contributed by atoms with Gasteiger partial charge in [0, 0.05) is 53.0 Å². The Bertz CT molecular complexity index is 419. The van der Waals surface area contributed by atoms with Gasteiger partial charge in [-0.2, -0.15) is 0 Å². The minimum Gasteiger partial charge on any atom is -0.450 e. The molecule has 1 unspecified atom stereocenters. The van der Waals surface area contributed by atoms with Crippen LogP contribution in [0.1, 0.15) is 26.2 Å². The molecule has 8 heteroatoms. The van der Waals surface area contributed by atoms with Gasteiger partial charge in [-0.1, -0.05) is 0 Å². The van der Waals surface area contributed by atoms with Gasteiger partial charge in [-0.3, -0.25) is 4.99 Å². The van der Waals surface area contributed by atoms with Gasteiger partial charge in [0.15, 0.2) is 5.96 Å². The predicted octanol–water partition coefficient (Wildman–Crippen LogP) is 0.922. The van der Waals surface area contributed by atoms with E-state index in [4.69, 9.17) is 14.2 Å². The Kier molecular flexibility index (Phi) is 8.82. The van der Waals surface area contributed by atoms with Gasteiger partial charge in [-0.25, -0.2) is 4.79 Å². The molecule has 2 saturated heterocycles. The molecule has 2 heterocycles. The van der Waals surface area contributed by atoms with Gasteiger partial charge in [0.25, 0.3) is 0 Å². The smallest absolute Gasteiger partial charge is 0.409 e. The minimum atomic E-state index is -0.228. The molecule has 2 rings (SSSR count). The Hall–Kier alpha value is -1.54. The second-order valence-corrected chi connectivity index (χ2v) is 6.21. The molecule has 0 aromatic rings. The van der Waals surface area contributed by atoms with E-state index in [1.54, 1.807) is 11.9 Å². The van der Waals surface area contributed by atoms with Gasteiger partial charge in [-0.15, -0.1) is 0 Å². The van der Waals surface area contributed by atoms with E-state index in [9.17, 15) is 4.79 Å². The number of carbonyl (C=O) groups excluding carboxylic acids is 1. The highest BCUT2D eigenvalue weighted by Crippen LogP contribution is 2.11. The van der Waals surface area contributed by atoms with Crippen molar-refractivity contribution in [3.8, 4) is 0 Å². The average molecular weight is 356 g/mol. The highest BCUT2D eigenvalue weighted by molar-refractivity contribution is 5.80. The maximum atomic E-state index is 11.7. The van der Waals surface area contributed by atoms with Crippen molar-refractivity contribution in [3.63, 3.8) is 0 Å². The second kappa shape index (κ2) is 11.1. The van der Waals surface area contributed by atoms with Crippen LogP contribution in [0.25, 0.3) is 0 Å². The molecule has 2 fully saturated rings. The van der Waals surface area contributed by atoms with Gasteiger partial charge < -0.3 is 29.3 Å². The number of piperazine rings is 1. The van der Waals surface area contributed by atoms with Crippen molar-refractivity contribution in [2.24, 2.45) is 4.99 Å². The summed E-state index contributed by atoms with van der Waals surface area (Å²) in [6.07, 6.45) is 3.25. The first-order chi connectivity index (χ1) is 12.2. The molecule has 0 aromatic heterocycles. The number of ether oxygens (including phenoxy) is 3. The molecule has 2 aliphatic rings. The van der Waals surface area contributed by atoms with Crippen molar-refractivity contribution < 1.29 is 19.0 Å². The van der Waals surface area contributed by atoms with E-state index < -0.39 is 0 Å². The quantitative estimate of drug-likeness (QED) is 0.415. The number of aliphatic imine (C=N–C) groups is 1. The number of rotatable bonds is 7. The standard InChI is InChI=1S/C17H32N4O4/c1-3-24-17(22)21-10-8-20(9-11-21)16(18-2)19-7-5-12-23-14-15-6-4-13-25-15/h15H,3-14H2,1-2H3,(H,18,19). The third-order valence-corrected chi connectivity index (χ3v) is 4.39. The molecule has 1 N–H and O–H groups in total. The SMILES string of the molecule is CCOC(=O)N1CCN(C(=NC)NCCCOCC2CCCO2)CC1. The summed E-state index contributed by atoms with van der Waals surface area (Å²) in [7, 11) is 1.79. The number of nitrogens with one attached hydrogen (secondary N) is 1. The topological polar surface area (TPSA) is 75.6 Å². The summed E-state index contributed by atoms with van der Waals surface area (Å²) in [6, 6.07) is 0. The summed E-state index contributed by atoms with van der Waals surface area (Å²) < 4.78 is 16.2. The first-order valence-corrected chi connectivity index (χ1v) is 9.31. The van der Waals surface area contributed by atoms with E-state index in [2.05, 4.69) is 15.2 Å². The summed E-state index contributed by atoms with van der Waals surface area (Å²) >= 11 is 0. The highest BCUT2D eigenvalue weighted by Gasteiger charge is 2.23. The van der Waals surface area contributed by atoms with Crippen LogP contribution in [0.4, 0.5) is 4.79 Å². The molecular formula is C17H32N4O4. The Morgan fingerprint density at radius 1 is 1.28 bits per heavy atom. The summed E-state index contributed by atoms with van der Waals surface area (Å²) in [5.74, 6) is 0.877. The average Bonchev–Trinajstić information content (AvgIpc) is 3.15. The Labute approximate surface area is 150 Å². The second-order valence-electron chi connectivity index (χ2n) is 6.21. The molecule has 0 aromatic carbocycles. The Morgan fingerprint density at radius 3 is 2.68 bits per heavy atom. The van der Waals surface area contributed by atoms with Crippen LogP contribution in [0.3, 0.4) is 0 Å². The van der Waals surface area contributed by atoms with Crippen LogP contribution in [0.2, 0.25) is 0 Å². The number of hydrogen-bond donors (Lipinski definition) is 1. The normalized spacial score (nSPS) is 21.5. The monoisotopic (exact) mass is 356 g/mol. The van der Waals surface area contributed by atoms with Crippen molar-refractivity contribution in [3.05, 3.63) is 0 Å². The van der Waals surface area contributed by atoms with Crippen LogP contribution >= 0.6 is 0 Å². The molecule has 8 nitrogen and oxygen atoms in total. The lowest BCUT2D eigenvalue weighted by Gasteiger charge is -2.35. The largest absolute Gasteiger partial charge is 0.450 e.